The Kier molecular flexibility index (Phi) is 15.6. The number of carbonyl (C=O) groups is 1. The van der Waals surface area contributed by atoms with Crippen molar-refractivity contribution in [1.29, 1.82) is 0 Å². The highest BCUT2D eigenvalue weighted by Gasteiger charge is 2.02. The van der Waals surface area contributed by atoms with Crippen LogP contribution in [-0.4, -0.2) is 25.5 Å². The van der Waals surface area contributed by atoms with Crippen LogP contribution in [0.2, 0.25) is 6.04 Å². The molecule has 5 heteroatoms. The van der Waals surface area contributed by atoms with E-state index in [4.69, 9.17) is 4.74 Å². The first kappa shape index (κ1) is 21.4. The predicted octanol–water partition coefficient (Wildman–Crippen LogP) is 5.81. The Morgan fingerprint density at radius 3 is 1.95 bits per heavy atom. The topological polar surface area (TPSA) is 26.3 Å². The number of ether oxygens (including phenoxy) is 1. The highest BCUT2D eigenvalue weighted by atomic mass is 79.9. The Bertz CT molecular complexity index is 283. The van der Waals surface area contributed by atoms with Crippen LogP contribution in [0, 0.1) is 0 Å². The SMILES string of the molecule is C=C(C)C(=O)OCCCCCCCCCCC[Si]C(Br)Br. The minimum Gasteiger partial charge on any atom is -0.462 e. The minimum absolute atomic E-state index is 0.262. The largest absolute Gasteiger partial charge is 0.462 e. The number of hydrogen-bond donors (Lipinski definition) is 0. The van der Waals surface area contributed by atoms with Gasteiger partial charge in [-0.3, -0.25) is 0 Å². The van der Waals surface area contributed by atoms with E-state index >= 15 is 0 Å². The molecule has 0 atom stereocenters. The fourth-order valence-corrected chi connectivity index (χ4v) is 4.01. The second kappa shape index (κ2) is 15.3. The van der Waals surface area contributed by atoms with Crippen molar-refractivity contribution in [3.63, 3.8) is 0 Å². The highest BCUT2D eigenvalue weighted by Crippen LogP contribution is 2.13. The van der Waals surface area contributed by atoms with Crippen molar-refractivity contribution in [2.75, 3.05) is 6.61 Å². The summed E-state index contributed by atoms with van der Waals surface area (Å²) in [5, 5.41) is 0. The third-order valence-electron chi connectivity index (χ3n) is 3.20. The van der Waals surface area contributed by atoms with Crippen LogP contribution in [0.3, 0.4) is 0 Å². The molecular formula is C16H28Br2O2Si. The van der Waals surface area contributed by atoms with Gasteiger partial charge < -0.3 is 4.74 Å². The van der Waals surface area contributed by atoms with Gasteiger partial charge in [0.05, 0.1) is 19.5 Å². The summed E-state index contributed by atoms with van der Waals surface area (Å²) in [6.07, 6.45) is 11.5. The third kappa shape index (κ3) is 16.6. The van der Waals surface area contributed by atoms with E-state index in [9.17, 15) is 4.79 Å². The Hall–Kier alpha value is 0.387. The molecule has 0 unspecified atom stereocenters. The second-order valence-electron chi connectivity index (χ2n) is 5.35. The zero-order valence-corrected chi connectivity index (χ0v) is 17.3. The molecule has 0 aromatic heterocycles. The first-order valence-corrected chi connectivity index (χ1v) is 11.0. The number of alkyl halides is 2. The molecule has 122 valence electrons. The first-order valence-electron chi connectivity index (χ1n) is 7.88. The van der Waals surface area contributed by atoms with E-state index in [-0.39, 0.29) is 5.97 Å². The van der Waals surface area contributed by atoms with Gasteiger partial charge in [-0.25, -0.2) is 4.79 Å². The molecule has 2 nitrogen and oxygen atoms in total. The summed E-state index contributed by atoms with van der Waals surface area (Å²) in [6.45, 7) is 5.78. The zero-order valence-electron chi connectivity index (χ0n) is 13.1. The zero-order chi connectivity index (χ0) is 15.9. The minimum atomic E-state index is -0.262. The third-order valence-corrected chi connectivity index (χ3v) is 6.09. The van der Waals surface area contributed by atoms with Gasteiger partial charge in [0.15, 0.2) is 0 Å². The molecule has 0 saturated heterocycles. The molecular weight excluding hydrogens is 412 g/mol. The Balaban J connectivity index is 3.09. The molecule has 0 saturated carbocycles. The smallest absolute Gasteiger partial charge is 0.333 e. The molecule has 0 aromatic carbocycles. The molecule has 2 radical (unpaired) electrons. The summed E-state index contributed by atoms with van der Waals surface area (Å²) in [5.41, 5.74) is 0.485. The van der Waals surface area contributed by atoms with Crippen LogP contribution in [0.1, 0.15) is 64.7 Å². The number of carbonyl (C=O) groups excluding carboxylic acids is 1. The van der Waals surface area contributed by atoms with Crippen molar-refractivity contribution < 1.29 is 9.53 Å². The van der Waals surface area contributed by atoms with Crippen molar-refractivity contribution >= 4 is 47.3 Å². The van der Waals surface area contributed by atoms with Crippen LogP contribution in [0.5, 0.6) is 0 Å². The van der Waals surface area contributed by atoms with E-state index in [0.29, 0.717) is 15.5 Å². The molecule has 0 aliphatic carbocycles. The number of halogens is 2. The van der Waals surface area contributed by atoms with Crippen molar-refractivity contribution in [1.82, 2.24) is 0 Å². The van der Waals surface area contributed by atoms with Crippen molar-refractivity contribution in [2.24, 2.45) is 0 Å². The summed E-state index contributed by atoms with van der Waals surface area (Å²) >= 11 is 7.03. The molecule has 0 heterocycles. The second-order valence-corrected chi connectivity index (χ2v) is 11.6. The van der Waals surface area contributed by atoms with Gasteiger partial charge in [-0.2, -0.15) is 0 Å². The maximum atomic E-state index is 11.1. The molecule has 21 heavy (non-hydrogen) atoms. The predicted molar refractivity (Wildman–Crippen MR) is 99.5 cm³/mol. The molecule has 0 N–H and O–H groups in total. The number of hydrogen-bond acceptors (Lipinski definition) is 2. The first-order chi connectivity index (χ1) is 10.0. The number of rotatable bonds is 14. The van der Waals surface area contributed by atoms with E-state index < -0.39 is 0 Å². The lowest BCUT2D eigenvalue weighted by Gasteiger charge is -2.04. The van der Waals surface area contributed by atoms with Gasteiger partial charge in [0.1, 0.15) is 0 Å². The quantitative estimate of drug-likeness (QED) is 0.112. The molecule has 0 rings (SSSR count). The highest BCUT2D eigenvalue weighted by molar-refractivity contribution is 9.25. The number of esters is 1. The van der Waals surface area contributed by atoms with E-state index in [1.54, 1.807) is 6.92 Å². The summed E-state index contributed by atoms with van der Waals surface area (Å²) in [4.78, 5) is 11.1. The van der Waals surface area contributed by atoms with E-state index in [1.165, 1.54) is 51.0 Å². The average Bonchev–Trinajstić information content (AvgIpc) is 2.43. The monoisotopic (exact) mass is 438 g/mol. The molecule has 0 fully saturated rings. The fourth-order valence-electron chi connectivity index (χ4n) is 1.96. The molecule has 0 bridgehead atoms. The van der Waals surface area contributed by atoms with Crippen LogP contribution in [-0.2, 0) is 9.53 Å². The lowest BCUT2D eigenvalue weighted by molar-refractivity contribution is -0.139. The lowest BCUT2D eigenvalue weighted by Crippen LogP contribution is -2.05. The van der Waals surface area contributed by atoms with Gasteiger partial charge in [0, 0.05) is 5.57 Å². The molecule has 0 spiro atoms. The molecule has 0 aliphatic heterocycles. The molecule has 0 aliphatic rings. The average molecular weight is 440 g/mol. The van der Waals surface area contributed by atoms with E-state index in [1.807, 2.05) is 0 Å². The summed E-state index contributed by atoms with van der Waals surface area (Å²) in [5.74, 6) is -0.262. The standard InChI is InChI=1S/C16H28Br2O2Si/c1-14(2)15(19)20-12-10-8-6-4-3-5-7-9-11-13-21-16(17)18/h16H,1,3-13H2,2H3. The van der Waals surface area contributed by atoms with E-state index in [0.717, 1.165) is 22.4 Å². The Labute approximate surface area is 149 Å². The van der Waals surface area contributed by atoms with Crippen LogP contribution in [0.4, 0.5) is 0 Å². The maximum Gasteiger partial charge on any atom is 0.333 e. The summed E-state index contributed by atoms with van der Waals surface area (Å²) in [6, 6.07) is 1.34. The molecule has 0 aromatic rings. The van der Waals surface area contributed by atoms with Crippen molar-refractivity contribution in [3.05, 3.63) is 12.2 Å². The number of unbranched alkanes of at least 4 members (excludes halogenated alkanes) is 8. The normalized spacial score (nSPS) is 10.9. The Morgan fingerprint density at radius 1 is 1.00 bits per heavy atom. The van der Waals surface area contributed by atoms with Gasteiger partial charge in [-0.15, -0.1) is 0 Å². The van der Waals surface area contributed by atoms with Crippen LogP contribution < -0.4 is 0 Å². The van der Waals surface area contributed by atoms with Gasteiger partial charge in [0.2, 0.25) is 0 Å². The Morgan fingerprint density at radius 2 is 1.48 bits per heavy atom. The lowest BCUT2D eigenvalue weighted by atomic mass is 10.1. The van der Waals surface area contributed by atoms with Crippen molar-refractivity contribution in [3.8, 4) is 0 Å². The maximum absolute atomic E-state index is 11.1. The van der Waals surface area contributed by atoms with Gasteiger partial charge in [0.25, 0.3) is 0 Å². The van der Waals surface area contributed by atoms with Gasteiger partial charge in [-0.05, 0) is 13.3 Å². The fraction of sp³-hybridized carbons (Fsp3) is 0.812. The summed E-state index contributed by atoms with van der Waals surface area (Å²) in [7, 11) is 0.989. The summed E-state index contributed by atoms with van der Waals surface area (Å²) < 4.78 is 5.57. The van der Waals surface area contributed by atoms with Gasteiger partial charge in [-0.1, -0.05) is 95.8 Å². The van der Waals surface area contributed by atoms with Crippen molar-refractivity contribution in [2.45, 2.75) is 74.1 Å². The molecule has 0 amide bonds. The van der Waals surface area contributed by atoms with E-state index in [2.05, 4.69) is 38.4 Å². The van der Waals surface area contributed by atoms with Crippen LogP contribution in [0.15, 0.2) is 12.2 Å². The van der Waals surface area contributed by atoms with Gasteiger partial charge >= 0.3 is 5.97 Å². The van der Waals surface area contributed by atoms with Crippen LogP contribution >= 0.6 is 31.9 Å². The van der Waals surface area contributed by atoms with Crippen LogP contribution in [0.25, 0.3) is 0 Å².